The highest BCUT2D eigenvalue weighted by Gasteiger charge is 2.20. The third kappa shape index (κ3) is 57.4. The van der Waals surface area contributed by atoms with Gasteiger partial charge < -0.3 is 20.3 Å². The molecule has 72 heavy (non-hydrogen) atoms. The van der Waals surface area contributed by atoms with Crippen molar-refractivity contribution in [1.82, 2.24) is 5.32 Å². The predicted molar refractivity (Wildman–Crippen MR) is 315 cm³/mol. The van der Waals surface area contributed by atoms with Gasteiger partial charge in [0.15, 0.2) is 0 Å². The second kappa shape index (κ2) is 61.6. The largest absolute Gasteiger partial charge is 0.466 e. The molecule has 0 heterocycles. The predicted octanol–water partition coefficient (Wildman–Crippen LogP) is 20.4. The molecule has 0 aliphatic heterocycles. The number of rotatable bonds is 60. The van der Waals surface area contributed by atoms with Crippen LogP contribution in [-0.4, -0.2) is 47.4 Å². The molecule has 0 aliphatic rings. The van der Waals surface area contributed by atoms with Crippen LogP contribution in [0.15, 0.2) is 36.5 Å². The van der Waals surface area contributed by atoms with Crippen LogP contribution in [0.5, 0.6) is 0 Å². The third-order valence-corrected chi connectivity index (χ3v) is 14.9. The number of amides is 1. The van der Waals surface area contributed by atoms with Gasteiger partial charge in [0.2, 0.25) is 5.91 Å². The molecule has 0 spiro atoms. The molecule has 6 heteroatoms. The highest BCUT2D eigenvalue weighted by molar-refractivity contribution is 5.76. The normalized spacial score (nSPS) is 12.8. The lowest BCUT2D eigenvalue weighted by molar-refractivity contribution is -0.143. The summed E-state index contributed by atoms with van der Waals surface area (Å²) in [4.78, 5) is 24.6. The summed E-state index contributed by atoms with van der Waals surface area (Å²) >= 11 is 0. The molecule has 1 amide bonds. The lowest BCUT2D eigenvalue weighted by Crippen LogP contribution is -2.45. The Hall–Kier alpha value is -1.92. The maximum absolute atomic E-state index is 12.5. The van der Waals surface area contributed by atoms with E-state index >= 15 is 0 Å². The fourth-order valence-corrected chi connectivity index (χ4v) is 9.96. The minimum absolute atomic E-state index is 0.0191. The summed E-state index contributed by atoms with van der Waals surface area (Å²) in [5.74, 6) is -0.0812. The number of aliphatic hydroxyl groups is 2. The Morgan fingerprint density at radius 3 is 1.10 bits per heavy atom. The van der Waals surface area contributed by atoms with E-state index in [1.807, 2.05) is 0 Å². The zero-order chi connectivity index (χ0) is 52.2. The zero-order valence-electron chi connectivity index (χ0n) is 48.4. The highest BCUT2D eigenvalue weighted by Crippen LogP contribution is 2.18. The number of hydrogen-bond acceptors (Lipinski definition) is 5. The van der Waals surface area contributed by atoms with Crippen LogP contribution in [0, 0.1) is 0 Å². The molecule has 0 aliphatic carbocycles. The Morgan fingerprint density at radius 2 is 0.694 bits per heavy atom. The van der Waals surface area contributed by atoms with E-state index in [0.29, 0.717) is 25.9 Å². The van der Waals surface area contributed by atoms with Crippen molar-refractivity contribution >= 4 is 11.9 Å². The van der Waals surface area contributed by atoms with Crippen LogP contribution in [0.2, 0.25) is 0 Å². The summed E-state index contributed by atoms with van der Waals surface area (Å²) < 4.78 is 5.48. The Balaban J connectivity index is 3.48. The average molecular weight is 1010 g/mol. The number of nitrogens with one attached hydrogen (secondary N) is 1. The zero-order valence-corrected chi connectivity index (χ0v) is 48.4. The van der Waals surface area contributed by atoms with Gasteiger partial charge in [-0.25, -0.2) is 0 Å². The van der Waals surface area contributed by atoms with Crippen LogP contribution in [0.1, 0.15) is 348 Å². The number of hydrogen-bond donors (Lipinski definition) is 3. The Morgan fingerprint density at radius 1 is 0.389 bits per heavy atom. The molecule has 0 aromatic heterocycles. The van der Waals surface area contributed by atoms with Crippen LogP contribution in [0.3, 0.4) is 0 Å². The van der Waals surface area contributed by atoms with Crippen molar-refractivity contribution in [3.05, 3.63) is 36.5 Å². The molecule has 2 atom stereocenters. The first-order chi connectivity index (χ1) is 35.5. The minimum Gasteiger partial charge on any atom is -0.466 e. The summed E-state index contributed by atoms with van der Waals surface area (Å²) in [6.45, 7) is 4.91. The van der Waals surface area contributed by atoms with Crippen molar-refractivity contribution in [2.75, 3.05) is 13.2 Å². The molecule has 3 N–H and O–H groups in total. The van der Waals surface area contributed by atoms with Crippen LogP contribution in [0.25, 0.3) is 0 Å². The van der Waals surface area contributed by atoms with Crippen molar-refractivity contribution in [3.8, 4) is 0 Å². The lowest BCUT2D eigenvalue weighted by Gasteiger charge is -2.22. The monoisotopic (exact) mass is 1010 g/mol. The van der Waals surface area contributed by atoms with Crippen LogP contribution in [0.4, 0.5) is 0 Å². The maximum atomic E-state index is 12.5. The minimum atomic E-state index is -0.684. The number of allylic oxidation sites excluding steroid dienone is 6. The Bertz CT molecular complexity index is 1170. The molecule has 0 radical (unpaired) electrons. The fourth-order valence-electron chi connectivity index (χ4n) is 9.96. The van der Waals surface area contributed by atoms with Gasteiger partial charge in [0.25, 0.3) is 0 Å². The molecule has 0 rings (SSSR count). The van der Waals surface area contributed by atoms with Gasteiger partial charge in [-0.05, 0) is 83.5 Å². The summed E-state index contributed by atoms with van der Waals surface area (Å²) in [6, 6.07) is -0.564. The second-order valence-electron chi connectivity index (χ2n) is 22.1. The first kappa shape index (κ1) is 70.1. The first-order valence-electron chi connectivity index (χ1n) is 32.2. The summed E-state index contributed by atoms with van der Waals surface area (Å²) in [6.07, 6.45) is 77.3. The molecule has 6 nitrogen and oxygen atoms in total. The molecule has 0 saturated carbocycles. The summed E-state index contributed by atoms with van der Waals surface area (Å²) in [7, 11) is 0. The van der Waals surface area contributed by atoms with E-state index < -0.39 is 12.1 Å². The first-order valence-corrected chi connectivity index (χ1v) is 32.2. The van der Waals surface area contributed by atoms with E-state index in [9.17, 15) is 19.8 Å². The van der Waals surface area contributed by atoms with E-state index in [0.717, 1.165) is 77.0 Å². The second-order valence-corrected chi connectivity index (χ2v) is 22.1. The van der Waals surface area contributed by atoms with Crippen LogP contribution < -0.4 is 5.32 Å². The topological polar surface area (TPSA) is 95.9 Å². The van der Waals surface area contributed by atoms with Gasteiger partial charge in [-0.15, -0.1) is 0 Å². The molecule has 0 bridgehead atoms. The van der Waals surface area contributed by atoms with Crippen molar-refractivity contribution < 1.29 is 24.5 Å². The molecule has 0 aromatic rings. The molecule has 424 valence electrons. The van der Waals surface area contributed by atoms with Gasteiger partial charge in [-0.1, -0.05) is 288 Å². The van der Waals surface area contributed by atoms with Gasteiger partial charge >= 0.3 is 5.97 Å². The van der Waals surface area contributed by atoms with Crippen molar-refractivity contribution in [2.24, 2.45) is 0 Å². The van der Waals surface area contributed by atoms with Crippen molar-refractivity contribution in [1.29, 1.82) is 0 Å². The highest BCUT2D eigenvalue weighted by atomic mass is 16.5. The quantitative estimate of drug-likeness (QED) is 0.0320. The molecular formula is C66H125NO5. The molecular weight excluding hydrogens is 887 g/mol. The maximum Gasteiger partial charge on any atom is 0.305 e. The van der Waals surface area contributed by atoms with E-state index in [-0.39, 0.29) is 18.5 Å². The summed E-state index contributed by atoms with van der Waals surface area (Å²) in [5.41, 5.74) is 0. The lowest BCUT2D eigenvalue weighted by atomic mass is 10.0. The van der Waals surface area contributed by atoms with Gasteiger partial charge in [-0.2, -0.15) is 0 Å². The standard InChI is InChI=1S/C66H125NO5/c1-3-5-7-9-11-13-15-17-19-21-23-24-25-26-27-28-29-31-34-38-42-46-50-54-58-64(69)63(62-68)67-65(70)59-55-51-47-43-39-35-33-37-41-45-49-53-57-61-72-66(71)60-56-52-48-44-40-36-32-30-22-20-18-16-14-12-10-8-6-4-2/h14,16,20,22,35,39,63-64,68-69H,3-13,15,17-19,21,23-34,36-38,40-62H2,1-2H3,(H,67,70)/b16-14-,22-20-,39-35-. The smallest absolute Gasteiger partial charge is 0.305 e. The van der Waals surface area contributed by atoms with E-state index in [1.165, 1.54) is 238 Å². The van der Waals surface area contributed by atoms with Crippen LogP contribution >= 0.6 is 0 Å². The number of ether oxygens (including phenoxy) is 1. The van der Waals surface area contributed by atoms with Gasteiger partial charge in [0.1, 0.15) is 0 Å². The van der Waals surface area contributed by atoms with Crippen LogP contribution in [-0.2, 0) is 14.3 Å². The Labute approximate surface area is 449 Å². The van der Waals surface area contributed by atoms with Gasteiger partial charge in [0, 0.05) is 12.8 Å². The number of aliphatic hydroxyl groups excluding tert-OH is 2. The van der Waals surface area contributed by atoms with Gasteiger partial charge in [0.05, 0.1) is 25.4 Å². The molecule has 2 unspecified atom stereocenters. The number of carbonyl (C=O) groups is 2. The summed E-state index contributed by atoms with van der Waals surface area (Å²) in [5, 5.41) is 23.4. The number of esters is 1. The molecule has 0 saturated heterocycles. The SMILES string of the molecule is CCCCCC/C=C\C/C=C\CCCCCCCCCC(=O)OCCCCCCCC/C=C\CCCCCC(=O)NC(CO)C(O)CCCCCCCCCCCCCCCCCCCCCCCCCC. The molecule has 0 fully saturated rings. The van der Waals surface area contributed by atoms with Crippen molar-refractivity contribution in [3.63, 3.8) is 0 Å². The average Bonchev–Trinajstić information content (AvgIpc) is 3.38. The Kier molecular flexibility index (Phi) is 60.0. The van der Waals surface area contributed by atoms with E-state index in [1.54, 1.807) is 0 Å². The van der Waals surface area contributed by atoms with Gasteiger partial charge in [-0.3, -0.25) is 9.59 Å². The molecule has 0 aromatic carbocycles. The fraction of sp³-hybridized carbons (Fsp3) is 0.879. The third-order valence-electron chi connectivity index (χ3n) is 14.9. The number of carbonyl (C=O) groups excluding carboxylic acids is 2. The van der Waals surface area contributed by atoms with Crippen molar-refractivity contribution in [2.45, 2.75) is 360 Å². The van der Waals surface area contributed by atoms with E-state index in [4.69, 9.17) is 4.74 Å². The number of unbranched alkanes of at least 4 members (excludes halogenated alkanes) is 43. The van der Waals surface area contributed by atoms with E-state index in [2.05, 4.69) is 55.6 Å².